The lowest BCUT2D eigenvalue weighted by Crippen LogP contribution is -2.36. The summed E-state index contributed by atoms with van der Waals surface area (Å²) in [4.78, 5) is 23.2. The minimum Gasteiger partial charge on any atom is -0.383 e. The van der Waals surface area contributed by atoms with Crippen LogP contribution in [0.25, 0.3) is 5.69 Å². The van der Waals surface area contributed by atoms with Crippen LogP contribution in [0.1, 0.15) is 42.6 Å². The molecule has 0 spiro atoms. The highest BCUT2D eigenvalue weighted by Gasteiger charge is 2.38. The first-order valence-corrected chi connectivity index (χ1v) is 10.4. The van der Waals surface area contributed by atoms with E-state index in [1.165, 1.54) is 0 Å². The van der Waals surface area contributed by atoms with Crippen molar-refractivity contribution in [2.75, 3.05) is 5.32 Å². The fraction of sp³-hybridized carbons (Fsp3) is 0.364. The molecule has 8 nitrogen and oxygen atoms in total. The van der Waals surface area contributed by atoms with Gasteiger partial charge in [0.2, 0.25) is 11.9 Å². The summed E-state index contributed by atoms with van der Waals surface area (Å²) in [6, 6.07) is 6.15. The molecule has 1 amide bonds. The van der Waals surface area contributed by atoms with Crippen LogP contribution in [-0.4, -0.2) is 30.5 Å². The number of aromatic nitrogens is 4. The number of aryl methyl sites for hydroxylation is 1. The van der Waals surface area contributed by atoms with Crippen molar-refractivity contribution >= 4 is 17.5 Å². The Morgan fingerprint density at radius 3 is 2.64 bits per heavy atom. The molecular formula is C22H23F3N6O2. The quantitative estimate of drug-likeness (QED) is 0.535. The van der Waals surface area contributed by atoms with Crippen LogP contribution in [0.2, 0.25) is 0 Å². The maximum Gasteiger partial charge on any atom is 0.433 e. The molecule has 1 fully saturated rings. The Morgan fingerprint density at radius 2 is 1.97 bits per heavy atom. The van der Waals surface area contributed by atoms with Crippen molar-refractivity contribution in [3.63, 3.8) is 0 Å². The third-order valence-electron chi connectivity index (χ3n) is 5.84. The molecule has 1 aromatic carbocycles. The highest BCUT2D eigenvalue weighted by Crippen LogP contribution is 2.39. The number of aliphatic hydroxyl groups is 1. The second-order valence-corrected chi connectivity index (χ2v) is 8.32. The summed E-state index contributed by atoms with van der Waals surface area (Å²) < 4.78 is 40.5. The summed E-state index contributed by atoms with van der Waals surface area (Å²) in [5.74, 6) is -0.767. The zero-order valence-corrected chi connectivity index (χ0v) is 17.8. The smallest absolute Gasteiger partial charge is 0.383 e. The summed E-state index contributed by atoms with van der Waals surface area (Å²) in [6.07, 6.45) is 1.50. The second-order valence-electron chi connectivity index (χ2n) is 8.32. The van der Waals surface area contributed by atoms with Gasteiger partial charge in [-0.3, -0.25) is 4.79 Å². The average Bonchev–Trinajstić information content (AvgIpc) is 3.25. The molecule has 3 aromatic rings. The molecular weight excluding hydrogens is 437 g/mol. The number of alkyl halides is 3. The molecule has 1 saturated carbocycles. The van der Waals surface area contributed by atoms with E-state index in [1.54, 1.807) is 29.2 Å². The zero-order valence-electron chi connectivity index (χ0n) is 17.8. The Bertz CT molecular complexity index is 1170. The Labute approximate surface area is 187 Å². The number of halogens is 3. The lowest BCUT2D eigenvalue weighted by Gasteiger charge is -2.33. The molecule has 2 aromatic heterocycles. The van der Waals surface area contributed by atoms with Crippen molar-refractivity contribution in [2.24, 2.45) is 11.7 Å². The molecule has 11 heteroatoms. The van der Waals surface area contributed by atoms with Crippen molar-refractivity contribution in [3.8, 4) is 5.69 Å². The number of rotatable bonds is 5. The molecule has 174 valence electrons. The molecule has 0 saturated heterocycles. The van der Waals surface area contributed by atoms with E-state index in [0.29, 0.717) is 42.8 Å². The van der Waals surface area contributed by atoms with Crippen LogP contribution in [0.3, 0.4) is 0 Å². The lowest BCUT2D eigenvalue weighted by molar-refractivity contribution is -0.141. The fourth-order valence-corrected chi connectivity index (χ4v) is 4.03. The van der Waals surface area contributed by atoms with Crippen molar-refractivity contribution in [1.82, 2.24) is 19.5 Å². The van der Waals surface area contributed by atoms with Gasteiger partial charge in [0.1, 0.15) is 11.3 Å². The van der Waals surface area contributed by atoms with E-state index in [4.69, 9.17) is 5.73 Å². The fourth-order valence-electron chi connectivity index (χ4n) is 4.03. The van der Waals surface area contributed by atoms with Crippen LogP contribution < -0.4 is 11.1 Å². The number of hydrogen-bond donors (Lipinski definition) is 3. The van der Waals surface area contributed by atoms with Gasteiger partial charge < -0.3 is 20.7 Å². The highest BCUT2D eigenvalue weighted by molar-refractivity contribution is 5.76. The number of carbonyl (C=O) groups excluding carboxylic acids is 1. The molecule has 0 bridgehead atoms. The predicted octanol–water partition coefficient (Wildman–Crippen LogP) is 3.60. The van der Waals surface area contributed by atoms with Gasteiger partial charge in [0.05, 0.1) is 12.0 Å². The predicted molar refractivity (Wildman–Crippen MR) is 114 cm³/mol. The highest BCUT2D eigenvalue weighted by atomic mass is 19.4. The minimum absolute atomic E-state index is 0.173. The number of imidazole rings is 1. The number of carbonyl (C=O) groups is 1. The molecule has 4 N–H and O–H groups in total. The number of amides is 1. The third-order valence-corrected chi connectivity index (χ3v) is 5.84. The molecule has 33 heavy (non-hydrogen) atoms. The van der Waals surface area contributed by atoms with Crippen LogP contribution >= 0.6 is 0 Å². The van der Waals surface area contributed by atoms with Crippen LogP contribution in [0.4, 0.5) is 24.8 Å². The van der Waals surface area contributed by atoms with E-state index >= 15 is 0 Å². The normalized spacial score (nSPS) is 21.1. The molecule has 1 aliphatic carbocycles. The Hall–Kier alpha value is -3.47. The van der Waals surface area contributed by atoms with Crippen LogP contribution in [0.5, 0.6) is 0 Å². The summed E-state index contributed by atoms with van der Waals surface area (Å²) in [5.41, 5.74) is 5.72. The topological polar surface area (TPSA) is 119 Å². The third kappa shape index (κ3) is 4.98. The first-order valence-electron chi connectivity index (χ1n) is 10.4. The van der Waals surface area contributed by atoms with Crippen LogP contribution in [0, 0.1) is 12.8 Å². The van der Waals surface area contributed by atoms with Gasteiger partial charge >= 0.3 is 6.18 Å². The first kappa shape index (κ1) is 22.7. The molecule has 0 radical (unpaired) electrons. The SMILES string of the molecule is Cc1cc(Nc2nccc(C(F)(F)F)n2)cc(-n2cnc([C@]3(O)CC[C@H](C(N)=O)CC3)c2)c1. The zero-order chi connectivity index (χ0) is 23.8. The Morgan fingerprint density at radius 1 is 1.24 bits per heavy atom. The maximum atomic E-state index is 12.9. The van der Waals surface area contributed by atoms with Crippen molar-refractivity contribution in [3.05, 3.63) is 59.9 Å². The first-order chi connectivity index (χ1) is 15.5. The number of nitrogens with zero attached hydrogens (tertiary/aromatic N) is 4. The van der Waals surface area contributed by atoms with E-state index in [-0.39, 0.29) is 17.8 Å². The van der Waals surface area contributed by atoms with Crippen LogP contribution in [0.15, 0.2) is 43.0 Å². The number of hydrogen-bond acceptors (Lipinski definition) is 6. The minimum atomic E-state index is -4.57. The van der Waals surface area contributed by atoms with E-state index in [1.807, 2.05) is 13.0 Å². The Kier molecular flexibility index (Phi) is 5.83. The number of anilines is 2. The molecule has 0 atom stereocenters. The number of primary amides is 1. The van der Waals surface area contributed by atoms with E-state index in [9.17, 15) is 23.1 Å². The van der Waals surface area contributed by atoms with E-state index in [0.717, 1.165) is 17.8 Å². The largest absolute Gasteiger partial charge is 0.433 e. The van der Waals surface area contributed by atoms with Gasteiger partial charge in [-0.05, 0) is 62.4 Å². The number of nitrogens with one attached hydrogen (secondary N) is 1. The van der Waals surface area contributed by atoms with Crippen molar-refractivity contribution in [2.45, 2.75) is 44.4 Å². The van der Waals surface area contributed by atoms with Gasteiger partial charge in [-0.2, -0.15) is 13.2 Å². The van der Waals surface area contributed by atoms with Gasteiger partial charge in [0.25, 0.3) is 0 Å². The molecule has 4 rings (SSSR count). The Balaban J connectivity index is 1.56. The standard InChI is InChI=1S/C22H23F3N6O2/c1-13-8-15(29-20-27-7-4-17(30-20)22(23,24)25)10-16(9-13)31-11-18(28-12-31)21(33)5-2-14(3-6-21)19(26)32/h4,7-12,14,33H,2-3,5-6H2,1H3,(H2,26,32)(H,27,29,30)/t14-,21-. The van der Waals surface area contributed by atoms with Crippen LogP contribution in [-0.2, 0) is 16.6 Å². The van der Waals surface area contributed by atoms with Crippen molar-refractivity contribution in [1.29, 1.82) is 0 Å². The molecule has 0 unspecified atom stereocenters. The molecule has 0 aliphatic heterocycles. The average molecular weight is 460 g/mol. The number of nitrogens with two attached hydrogens (primary N) is 1. The summed E-state index contributed by atoms with van der Waals surface area (Å²) in [5, 5.41) is 13.9. The van der Waals surface area contributed by atoms with E-state index < -0.39 is 17.5 Å². The molecule has 1 aliphatic rings. The summed E-state index contributed by atoms with van der Waals surface area (Å²) in [6.45, 7) is 1.85. The van der Waals surface area contributed by atoms with E-state index in [2.05, 4.69) is 20.3 Å². The monoisotopic (exact) mass is 460 g/mol. The number of benzene rings is 1. The summed E-state index contributed by atoms with van der Waals surface area (Å²) in [7, 11) is 0. The van der Waals surface area contributed by atoms with Gasteiger partial charge in [0, 0.05) is 29.7 Å². The van der Waals surface area contributed by atoms with Gasteiger partial charge in [-0.1, -0.05) is 0 Å². The maximum absolute atomic E-state index is 12.9. The van der Waals surface area contributed by atoms with Gasteiger partial charge in [-0.15, -0.1) is 0 Å². The summed E-state index contributed by atoms with van der Waals surface area (Å²) >= 11 is 0. The van der Waals surface area contributed by atoms with Crippen molar-refractivity contribution < 1.29 is 23.1 Å². The van der Waals surface area contributed by atoms with Gasteiger partial charge in [-0.25, -0.2) is 15.0 Å². The van der Waals surface area contributed by atoms with Gasteiger partial charge in [0.15, 0.2) is 0 Å². The second kappa shape index (κ2) is 8.47. The molecule has 2 heterocycles. The lowest BCUT2D eigenvalue weighted by atomic mass is 9.77.